The Balaban J connectivity index is 1.48. The predicted octanol–water partition coefficient (Wildman–Crippen LogP) is 2.07. The number of pyridine rings is 2. The highest BCUT2D eigenvalue weighted by Gasteiger charge is 2.46. The third-order valence-corrected chi connectivity index (χ3v) is 4.82. The fourth-order valence-corrected chi connectivity index (χ4v) is 3.62. The molecule has 6 nitrogen and oxygen atoms in total. The van der Waals surface area contributed by atoms with Gasteiger partial charge in [0.05, 0.1) is 30.5 Å². The second-order valence-corrected chi connectivity index (χ2v) is 6.41. The van der Waals surface area contributed by atoms with Crippen molar-refractivity contribution in [1.29, 1.82) is 0 Å². The van der Waals surface area contributed by atoms with Gasteiger partial charge in [-0.3, -0.25) is 14.8 Å². The molecule has 2 fully saturated rings. The lowest BCUT2D eigenvalue weighted by molar-refractivity contribution is -0.0814. The molecule has 2 aromatic heterocycles. The summed E-state index contributed by atoms with van der Waals surface area (Å²) in [5.41, 5.74) is 1.49. The summed E-state index contributed by atoms with van der Waals surface area (Å²) >= 11 is 0. The maximum Gasteiger partial charge on any atom is 0.255 e. The number of likely N-dealkylation sites (tertiary alicyclic amines) is 1. The largest absolute Gasteiger partial charge is 0.373 e. The standard InChI is InChI=1S/C19H21N3O3/c23-19(14-5-3-8-20-11-14)22-12-17(18-16(22)7-4-10-24-18)25-13-15-6-1-2-9-21-15/h1-3,5-6,8-9,11,16-18H,4,7,10,12-13H2/t16-,17-,18+/m1/s1. The number of ether oxygens (including phenoxy) is 2. The zero-order valence-electron chi connectivity index (χ0n) is 14.0. The molecule has 4 heterocycles. The van der Waals surface area contributed by atoms with E-state index in [1.165, 1.54) is 0 Å². The maximum atomic E-state index is 12.9. The molecule has 0 aliphatic carbocycles. The first-order valence-corrected chi connectivity index (χ1v) is 8.67. The number of hydrogen-bond acceptors (Lipinski definition) is 5. The summed E-state index contributed by atoms with van der Waals surface area (Å²) in [5.74, 6) is -0.00228. The average molecular weight is 339 g/mol. The van der Waals surface area contributed by atoms with E-state index in [9.17, 15) is 4.79 Å². The van der Waals surface area contributed by atoms with Gasteiger partial charge in [0.25, 0.3) is 5.91 Å². The van der Waals surface area contributed by atoms with Crippen LogP contribution >= 0.6 is 0 Å². The van der Waals surface area contributed by atoms with E-state index in [1.807, 2.05) is 23.1 Å². The van der Waals surface area contributed by atoms with Crippen LogP contribution in [0.2, 0.25) is 0 Å². The topological polar surface area (TPSA) is 64.6 Å². The van der Waals surface area contributed by atoms with Gasteiger partial charge in [0.15, 0.2) is 0 Å². The van der Waals surface area contributed by atoms with Crippen LogP contribution in [0.5, 0.6) is 0 Å². The average Bonchev–Trinajstić information content (AvgIpc) is 3.06. The zero-order chi connectivity index (χ0) is 17.1. The number of rotatable bonds is 4. The van der Waals surface area contributed by atoms with Crippen LogP contribution in [-0.2, 0) is 16.1 Å². The lowest BCUT2D eigenvalue weighted by Gasteiger charge is -2.32. The Bertz CT molecular complexity index is 710. The Hall–Kier alpha value is -2.31. The Morgan fingerprint density at radius 2 is 2.24 bits per heavy atom. The summed E-state index contributed by atoms with van der Waals surface area (Å²) in [6.07, 6.45) is 6.75. The van der Waals surface area contributed by atoms with E-state index < -0.39 is 0 Å². The Morgan fingerprint density at radius 3 is 3.04 bits per heavy atom. The van der Waals surface area contributed by atoms with Gasteiger partial charge in [-0.15, -0.1) is 0 Å². The molecule has 2 aliphatic rings. The van der Waals surface area contributed by atoms with Crippen LogP contribution in [0.3, 0.4) is 0 Å². The third kappa shape index (κ3) is 3.41. The minimum absolute atomic E-state index is 0.00228. The van der Waals surface area contributed by atoms with Crippen molar-refractivity contribution in [3.63, 3.8) is 0 Å². The molecule has 3 atom stereocenters. The highest BCUT2D eigenvalue weighted by atomic mass is 16.5. The predicted molar refractivity (Wildman–Crippen MR) is 90.8 cm³/mol. The number of carbonyl (C=O) groups is 1. The molecule has 1 amide bonds. The van der Waals surface area contributed by atoms with E-state index >= 15 is 0 Å². The third-order valence-electron chi connectivity index (χ3n) is 4.82. The molecular formula is C19H21N3O3. The van der Waals surface area contributed by atoms with Gasteiger partial charge >= 0.3 is 0 Å². The van der Waals surface area contributed by atoms with Crippen molar-refractivity contribution in [1.82, 2.24) is 14.9 Å². The summed E-state index contributed by atoms with van der Waals surface area (Å²) in [6, 6.07) is 9.41. The SMILES string of the molecule is O=C(c1cccnc1)N1C[C@@H](OCc2ccccn2)[C@H]2OCCC[C@H]21. The zero-order valence-corrected chi connectivity index (χ0v) is 14.0. The van der Waals surface area contributed by atoms with Gasteiger partial charge < -0.3 is 14.4 Å². The Morgan fingerprint density at radius 1 is 1.28 bits per heavy atom. The van der Waals surface area contributed by atoms with Crippen molar-refractivity contribution < 1.29 is 14.3 Å². The van der Waals surface area contributed by atoms with E-state index in [1.54, 1.807) is 30.7 Å². The van der Waals surface area contributed by atoms with E-state index in [4.69, 9.17) is 9.47 Å². The van der Waals surface area contributed by atoms with Gasteiger partial charge in [0, 0.05) is 25.2 Å². The summed E-state index contributed by atoms with van der Waals surface area (Å²) in [7, 11) is 0. The first-order valence-electron chi connectivity index (χ1n) is 8.67. The molecule has 0 saturated carbocycles. The molecule has 2 aliphatic heterocycles. The van der Waals surface area contributed by atoms with Crippen molar-refractivity contribution in [2.45, 2.75) is 37.7 Å². The van der Waals surface area contributed by atoms with Crippen LogP contribution in [0.1, 0.15) is 28.9 Å². The van der Waals surface area contributed by atoms with Gasteiger partial charge in [0.1, 0.15) is 12.2 Å². The minimum Gasteiger partial charge on any atom is -0.373 e. The summed E-state index contributed by atoms with van der Waals surface area (Å²) < 4.78 is 12.0. The second-order valence-electron chi connectivity index (χ2n) is 6.41. The lowest BCUT2D eigenvalue weighted by Crippen LogP contribution is -2.43. The van der Waals surface area contributed by atoms with E-state index in [0.717, 1.165) is 25.1 Å². The van der Waals surface area contributed by atoms with Crippen LogP contribution in [-0.4, -0.2) is 52.2 Å². The van der Waals surface area contributed by atoms with Crippen LogP contribution in [0.25, 0.3) is 0 Å². The summed E-state index contributed by atoms with van der Waals surface area (Å²) in [6.45, 7) is 1.68. The second kappa shape index (κ2) is 7.29. The maximum absolute atomic E-state index is 12.9. The normalized spacial score (nSPS) is 25.6. The Kier molecular flexibility index (Phi) is 4.72. The quantitative estimate of drug-likeness (QED) is 0.853. The van der Waals surface area contributed by atoms with Crippen molar-refractivity contribution in [3.8, 4) is 0 Å². The first-order chi connectivity index (χ1) is 12.3. The van der Waals surface area contributed by atoms with Gasteiger partial charge in [-0.25, -0.2) is 0 Å². The summed E-state index contributed by atoms with van der Waals surface area (Å²) in [4.78, 5) is 23.1. The van der Waals surface area contributed by atoms with Gasteiger partial charge in [-0.2, -0.15) is 0 Å². The molecule has 2 saturated heterocycles. The van der Waals surface area contributed by atoms with Crippen LogP contribution in [0, 0.1) is 0 Å². The minimum atomic E-state index is -0.132. The van der Waals surface area contributed by atoms with Gasteiger partial charge in [0.2, 0.25) is 0 Å². The first kappa shape index (κ1) is 16.2. The van der Waals surface area contributed by atoms with Crippen molar-refractivity contribution in [3.05, 3.63) is 60.2 Å². The molecule has 2 aromatic rings. The number of aromatic nitrogens is 2. The molecule has 0 bridgehead atoms. The highest BCUT2D eigenvalue weighted by Crippen LogP contribution is 2.32. The van der Waals surface area contributed by atoms with Gasteiger partial charge in [-0.1, -0.05) is 6.07 Å². The smallest absolute Gasteiger partial charge is 0.255 e. The molecule has 0 radical (unpaired) electrons. The molecule has 4 rings (SSSR count). The number of amides is 1. The van der Waals surface area contributed by atoms with Gasteiger partial charge in [-0.05, 0) is 37.1 Å². The number of fused-ring (bicyclic) bond motifs is 1. The molecule has 0 unspecified atom stereocenters. The molecule has 130 valence electrons. The lowest BCUT2D eigenvalue weighted by atomic mass is 10.0. The molecule has 0 spiro atoms. The summed E-state index contributed by atoms with van der Waals surface area (Å²) in [5, 5.41) is 0. The molecule has 6 heteroatoms. The van der Waals surface area contributed by atoms with Crippen molar-refractivity contribution >= 4 is 5.91 Å². The van der Waals surface area contributed by atoms with Crippen LogP contribution in [0.4, 0.5) is 0 Å². The fraction of sp³-hybridized carbons (Fsp3) is 0.421. The van der Waals surface area contributed by atoms with E-state index in [2.05, 4.69) is 9.97 Å². The highest BCUT2D eigenvalue weighted by molar-refractivity contribution is 5.94. The molecule has 0 N–H and O–H groups in total. The van der Waals surface area contributed by atoms with E-state index in [0.29, 0.717) is 18.7 Å². The number of nitrogens with zero attached hydrogens (tertiary/aromatic N) is 3. The molecule has 25 heavy (non-hydrogen) atoms. The Labute approximate surface area is 146 Å². The van der Waals surface area contributed by atoms with E-state index in [-0.39, 0.29) is 24.2 Å². The fourth-order valence-electron chi connectivity index (χ4n) is 3.62. The van der Waals surface area contributed by atoms with Crippen molar-refractivity contribution in [2.75, 3.05) is 13.2 Å². The molecular weight excluding hydrogens is 318 g/mol. The number of hydrogen-bond donors (Lipinski definition) is 0. The molecule has 0 aromatic carbocycles. The monoisotopic (exact) mass is 339 g/mol. The van der Waals surface area contributed by atoms with Crippen molar-refractivity contribution in [2.24, 2.45) is 0 Å². The number of carbonyl (C=O) groups excluding carboxylic acids is 1. The van der Waals surface area contributed by atoms with Crippen LogP contribution < -0.4 is 0 Å². The van der Waals surface area contributed by atoms with Crippen LogP contribution in [0.15, 0.2) is 48.9 Å².